The van der Waals surface area contributed by atoms with Crippen molar-refractivity contribution in [3.63, 3.8) is 0 Å². The zero-order valence-corrected chi connectivity index (χ0v) is 15.5. The summed E-state index contributed by atoms with van der Waals surface area (Å²) in [5, 5.41) is 2.86. The van der Waals surface area contributed by atoms with Crippen LogP contribution in [0, 0.1) is 5.92 Å². The van der Waals surface area contributed by atoms with Crippen LogP contribution >= 0.6 is 0 Å². The van der Waals surface area contributed by atoms with Gasteiger partial charge in [0.2, 0.25) is 5.88 Å². The van der Waals surface area contributed by atoms with Crippen molar-refractivity contribution in [1.29, 1.82) is 0 Å². The van der Waals surface area contributed by atoms with Gasteiger partial charge in [0.05, 0.1) is 18.2 Å². The second-order valence-corrected chi connectivity index (χ2v) is 7.26. The van der Waals surface area contributed by atoms with Crippen LogP contribution in [0.25, 0.3) is 0 Å². The molecule has 1 N–H and O–H groups in total. The Morgan fingerprint density at radius 2 is 2.04 bits per heavy atom. The van der Waals surface area contributed by atoms with Gasteiger partial charge in [-0.1, -0.05) is 6.92 Å². The Hall–Kier alpha value is -2.31. The fraction of sp³-hybridized carbons (Fsp3) is 0.611. The number of amides is 2. The summed E-state index contributed by atoms with van der Waals surface area (Å²) in [5.74, 6) is 0.543. The van der Waals surface area contributed by atoms with Gasteiger partial charge in [-0.3, -0.25) is 4.79 Å². The first-order chi connectivity index (χ1) is 11.7. The molecule has 1 aliphatic rings. The third-order valence-electron chi connectivity index (χ3n) is 3.88. The summed E-state index contributed by atoms with van der Waals surface area (Å²) in [6.45, 7) is 10.9. The van der Waals surface area contributed by atoms with E-state index in [0.717, 1.165) is 0 Å². The first kappa shape index (κ1) is 19.0. The molecular formula is C18H27N3O4. The largest absolute Gasteiger partial charge is 0.478 e. The second kappa shape index (κ2) is 7.72. The molecule has 2 atom stereocenters. The van der Waals surface area contributed by atoms with Crippen LogP contribution in [0.2, 0.25) is 0 Å². The molecule has 0 unspecified atom stereocenters. The number of alkyl carbamates (subject to hydrolysis) is 1. The molecule has 0 aromatic carbocycles. The average molecular weight is 349 g/mol. The van der Waals surface area contributed by atoms with Crippen molar-refractivity contribution in [2.75, 3.05) is 19.7 Å². The minimum absolute atomic E-state index is 0.101. The van der Waals surface area contributed by atoms with E-state index in [1.165, 1.54) is 6.20 Å². The number of nitrogens with zero attached hydrogens (tertiary/aromatic N) is 2. The van der Waals surface area contributed by atoms with Crippen LogP contribution in [0.3, 0.4) is 0 Å². The Labute approximate surface area is 148 Å². The van der Waals surface area contributed by atoms with Crippen LogP contribution < -0.4 is 10.1 Å². The molecule has 2 amide bonds. The lowest BCUT2D eigenvalue weighted by Crippen LogP contribution is -2.43. The quantitative estimate of drug-likeness (QED) is 0.903. The third-order valence-corrected chi connectivity index (χ3v) is 3.88. The molecule has 0 bridgehead atoms. The van der Waals surface area contributed by atoms with Crippen molar-refractivity contribution in [3.8, 4) is 5.88 Å². The number of carbonyl (C=O) groups is 2. The number of hydrogen-bond donors (Lipinski definition) is 1. The van der Waals surface area contributed by atoms with Gasteiger partial charge in [-0.05, 0) is 39.7 Å². The van der Waals surface area contributed by atoms with Gasteiger partial charge in [0.25, 0.3) is 5.91 Å². The summed E-state index contributed by atoms with van der Waals surface area (Å²) in [6, 6.07) is 3.26. The number of likely N-dealkylation sites (tertiary alicyclic amines) is 1. The predicted octanol–water partition coefficient (Wildman–Crippen LogP) is 2.47. The number of nitrogens with one attached hydrogen (secondary N) is 1. The van der Waals surface area contributed by atoms with Crippen molar-refractivity contribution >= 4 is 12.0 Å². The molecular weight excluding hydrogens is 322 g/mol. The zero-order chi connectivity index (χ0) is 18.6. The molecule has 0 spiro atoms. The normalized spacial score (nSPS) is 20.3. The van der Waals surface area contributed by atoms with Crippen LogP contribution in [-0.4, -0.2) is 53.2 Å². The predicted molar refractivity (Wildman–Crippen MR) is 93.6 cm³/mol. The topological polar surface area (TPSA) is 80.8 Å². The Kier molecular flexibility index (Phi) is 5.87. The highest BCUT2D eigenvalue weighted by Crippen LogP contribution is 2.20. The van der Waals surface area contributed by atoms with E-state index >= 15 is 0 Å². The molecule has 1 saturated heterocycles. The fourth-order valence-corrected chi connectivity index (χ4v) is 2.70. The molecule has 2 rings (SSSR count). The van der Waals surface area contributed by atoms with Gasteiger partial charge in [-0.25, -0.2) is 9.78 Å². The highest BCUT2D eigenvalue weighted by Gasteiger charge is 2.34. The highest BCUT2D eigenvalue weighted by molar-refractivity contribution is 5.94. The van der Waals surface area contributed by atoms with Crippen molar-refractivity contribution in [3.05, 3.63) is 23.9 Å². The maximum Gasteiger partial charge on any atom is 0.407 e. The van der Waals surface area contributed by atoms with Crippen LogP contribution in [0.5, 0.6) is 5.88 Å². The monoisotopic (exact) mass is 349 g/mol. The number of pyridine rings is 1. The molecule has 1 fully saturated rings. The number of carbonyl (C=O) groups excluding carboxylic acids is 2. The molecule has 138 valence electrons. The molecule has 2 heterocycles. The molecule has 7 heteroatoms. The Morgan fingerprint density at radius 3 is 2.60 bits per heavy atom. The first-order valence-corrected chi connectivity index (χ1v) is 8.57. The molecule has 0 saturated carbocycles. The molecule has 0 radical (unpaired) electrons. The molecule has 7 nitrogen and oxygen atoms in total. The number of aromatic nitrogens is 1. The summed E-state index contributed by atoms with van der Waals surface area (Å²) in [6.07, 6.45) is 1.06. The zero-order valence-electron chi connectivity index (χ0n) is 15.5. The van der Waals surface area contributed by atoms with E-state index in [9.17, 15) is 9.59 Å². The van der Waals surface area contributed by atoms with Gasteiger partial charge in [0.1, 0.15) is 5.60 Å². The van der Waals surface area contributed by atoms with E-state index in [-0.39, 0.29) is 17.9 Å². The van der Waals surface area contributed by atoms with Gasteiger partial charge < -0.3 is 19.7 Å². The van der Waals surface area contributed by atoms with Crippen LogP contribution in [0.1, 0.15) is 45.0 Å². The highest BCUT2D eigenvalue weighted by atomic mass is 16.6. The lowest BCUT2D eigenvalue weighted by atomic mass is 10.1. The summed E-state index contributed by atoms with van der Waals surface area (Å²) in [4.78, 5) is 30.4. The van der Waals surface area contributed by atoms with Crippen molar-refractivity contribution < 1.29 is 19.1 Å². The first-order valence-electron chi connectivity index (χ1n) is 8.57. The summed E-state index contributed by atoms with van der Waals surface area (Å²) < 4.78 is 10.6. The number of ether oxygens (including phenoxy) is 2. The minimum Gasteiger partial charge on any atom is -0.478 e. The molecule has 25 heavy (non-hydrogen) atoms. The number of rotatable bonds is 4. The summed E-state index contributed by atoms with van der Waals surface area (Å²) >= 11 is 0. The lowest BCUT2D eigenvalue weighted by molar-refractivity contribution is 0.0494. The van der Waals surface area contributed by atoms with Crippen LogP contribution in [0.4, 0.5) is 4.79 Å². The molecule has 0 aliphatic carbocycles. The van der Waals surface area contributed by atoms with Gasteiger partial charge >= 0.3 is 6.09 Å². The summed E-state index contributed by atoms with van der Waals surface area (Å²) in [5.41, 5.74) is -0.0383. The van der Waals surface area contributed by atoms with Crippen LogP contribution in [-0.2, 0) is 4.74 Å². The smallest absolute Gasteiger partial charge is 0.407 e. The van der Waals surface area contributed by atoms with Crippen molar-refractivity contribution in [1.82, 2.24) is 15.2 Å². The van der Waals surface area contributed by atoms with Gasteiger partial charge in [0, 0.05) is 25.4 Å². The maximum absolute atomic E-state index is 12.6. The van der Waals surface area contributed by atoms with E-state index in [1.807, 2.05) is 34.6 Å². The SMILES string of the molecule is CCOc1ccc(C(=O)N2C[C@@H](C)[C@@H](NC(=O)OC(C)(C)C)C2)cn1. The number of hydrogen-bond acceptors (Lipinski definition) is 5. The fourth-order valence-electron chi connectivity index (χ4n) is 2.70. The molecule has 1 aromatic heterocycles. The maximum atomic E-state index is 12.6. The Bertz CT molecular complexity index is 610. The summed E-state index contributed by atoms with van der Waals surface area (Å²) in [7, 11) is 0. The van der Waals surface area contributed by atoms with Gasteiger partial charge in [-0.2, -0.15) is 0 Å². The third kappa shape index (κ3) is 5.34. The van der Waals surface area contributed by atoms with Crippen molar-refractivity contribution in [2.45, 2.75) is 46.3 Å². The second-order valence-electron chi connectivity index (χ2n) is 7.26. The van der Waals surface area contributed by atoms with Crippen molar-refractivity contribution in [2.24, 2.45) is 5.92 Å². The van der Waals surface area contributed by atoms with E-state index < -0.39 is 11.7 Å². The van der Waals surface area contributed by atoms with E-state index in [4.69, 9.17) is 9.47 Å². The van der Waals surface area contributed by atoms with E-state index in [2.05, 4.69) is 10.3 Å². The average Bonchev–Trinajstić information content (AvgIpc) is 2.86. The Balaban J connectivity index is 1.95. The standard InChI is InChI=1S/C18H27N3O4/c1-6-24-15-8-7-13(9-19-15)16(22)21-10-12(2)14(11-21)20-17(23)25-18(3,4)5/h7-9,12,14H,6,10-11H2,1-5H3,(H,20,23)/t12-,14+/m1/s1. The minimum atomic E-state index is -0.546. The van der Waals surface area contributed by atoms with Gasteiger partial charge in [-0.15, -0.1) is 0 Å². The lowest BCUT2D eigenvalue weighted by Gasteiger charge is -2.23. The molecule has 1 aromatic rings. The Morgan fingerprint density at radius 1 is 1.32 bits per heavy atom. The van der Waals surface area contributed by atoms with Crippen LogP contribution in [0.15, 0.2) is 18.3 Å². The van der Waals surface area contributed by atoms with Gasteiger partial charge in [0.15, 0.2) is 0 Å². The van der Waals surface area contributed by atoms with E-state index in [1.54, 1.807) is 17.0 Å². The molecule has 1 aliphatic heterocycles. The van der Waals surface area contributed by atoms with E-state index in [0.29, 0.717) is 31.1 Å².